The van der Waals surface area contributed by atoms with Crippen LogP contribution in [0.3, 0.4) is 0 Å². The first-order valence-corrected chi connectivity index (χ1v) is 7.15. The number of allylic oxidation sites excluding steroid dienone is 1. The van der Waals surface area contributed by atoms with Crippen molar-refractivity contribution in [1.82, 2.24) is 4.90 Å². The molecular formula is C15H26N2. The summed E-state index contributed by atoms with van der Waals surface area (Å²) in [6, 6.07) is 0.792. The molecule has 0 aromatic carbocycles. The van der Waals surface area contributed by atoms with Crippen molar-refractivity contribution in [3.8, 4) is 0 Å². The van der Waals surface area contributed by atoms with Crippen LogP contribution in [0, 0.1) is 5.92 Å². The summed E-state index contributed by atoms with van der Waals surface area (Å²) < 4.78 is 0. The molecule has 0 aromatic rings. The number of rotatable bonds is 2. The van der Waals surface area contributed by atoms with Gasteiger partial charge in [-0.15, -0.1) is 0 Å². The molecule has 2 fully saturated rings. The molecule has 2 aliphatic rings. The quantitative estimate of drug-likeness (QED) is 0.716. The molecule has 0 bridgehead atoms. The zero-order valence-corrected chi connectivity index (χ0v) is 11.6. The Balaban J connectivity index is 2.14. The van der Waals surface area contributed by atoms with Gasteiger partial charge in [-0.25, -0.2) is 0 Å². The topological polar surface area (TPSA) is 15.6 Å². The predicted octanol–water partition coefficient (Wildman–Crippen LogP) is 3.29. The Kier molecular flexibility index (Phi) is 4.38. The van der Waals surface area contributed by atoms with Crippen LogP contribution in [0.1, 0.15) is 46.0 Å². The monoisotopic (exact) mass is 234 g/mol. The van der Waals surface area contributed by atoms with Crippen molar-refractivity contribution in [3.05, 3.63) is 11.6 Å². The minimum Gasteiger partial charge on any atom is -0.300 e. The van der Waals surface area contributed by atoms with Gasteiger partial charge >= 0.3 is 0 Å². The molecule has 1 heterocycles. The fourth-order valence-electron chi connectivity index (χ4n) is 3.55. The standard InChI is InChI=1S/C15H26N2/c1-4-8-17-9-6-7-13-10-14(16-3)12(5-2)11-15(13)17/h5,13,15H,4,6-11H2,1-3H3/b12-5-,16-14?/t13-,15?/m1/s1. The van der Waals surface area contributed by atoms with Crippen molar-refractivity contribution >= 4 is 5.71 Å². The van der Waals surface area contributed by atoms with E-state index in [0.29, 0.717) is 0 Å². The van der Waals surface area contributed by atoms with Gasteiger partial charge in [0.05, 0.1) is 0 Å². The summed E-state index contributed by atoms with van der Waals surface area (Å²) in [7, 11) is 1.95. The van der Waals surface area contributed by atoms with E-state index < -0.39 is 0 Å². The Hall–Kier alpha value is -0.630. The molecule has 17 heavy (non-hydrogen) atoms. The van der Waals surface area contributed by atoms with Gasteiger partial charge in [0.15, 0.2) is 0 Å². The number of nitrogens with zero attached hydrogens (tertiary/aromatic N) is 2. The van der Waals surface area contributed by atoms with E-state index in [9.17, 15) is 0 Å². The minimum atomic E-state index is 0.792. The van der Waals surface area contributed by atoms with Crippen LogP contribution in [0.5, 0.6) is 0 Å². The van der Waals surface area contributed by atoms with Crippen molar-refractivity contribution in [3.63, 3.8) is 0 Å². The van der Waals surface area contributed by atoms with E-state index >= 15 is 0 Å². The van der Waals surface area contributed by atoms with E-state index in [-0.39, 0.29) is 0 Å². The summed E-state index contributed by atoms with van der Waals surface area (Å²) in [5, 5.41) is 0. The lowest BCUT2D eigenvalue weighted by atomic mass is 9.75. The van der Waals surface area contributed by atoms with Crippen LogP contribution in [-0.2, 0) is 0 Å². The number of fused-ring (bicyclic) bond motifs is 1. The van der Waals surface area contributed by atoms with Crippen LogP contribution in [0.2, 0.25) is 0 Å². The summed E-state index contributed by atoms with van der Waals surface area (Å²) in [6.07, 6.45) is 8.78. The van der Waals surface area contributed by atoms with E-state index in [1.807, 2.05) is 7.05 Å². The SMILES string of the molecule is C/C=C1/CC2[C@H](CCCN2CCC)CC1=NC. The molecule has 1 aliphatic carbocycles. The van der Waals surface area contributed by atoms with E-state index in [0.717, 1.165) is 12.0 Å². The van der Waals surface area contributed by atoms with E-state index in [4.69, 9.17) is 0 Å². The van der Waals surface area contributed by atoms with E-state index in [1.165, 1.54) is 56.5 Å². The number of hydrogen-bond acceptors (Lipinski definition) is 2. The molecule has 2 heteroatoms. The van der Waals surface area contributed by atoms with Gasteiger partial charge in [-0.3, -0.25) is 9.89 Å². The van der Waals surface area contributed by atoms with E-state index in [2.05, 4.69) is 29.8 Å². The first-order chi connectivity index (χ1) is 8.30. The van der Waals surface area contributed by atoms with Crippen LogP contribution in [0.4, 0.5) is 0 Å². The first-order valence-electron chi connectivity index (χ1n) is 7.15. The highest BCUT2D eigenvalue weighted by Crippen LogP contribution is 2.36. The van der Waals surface area contributed by atoms with Crippen LogP contribution in [0.15, 0.2) is 16.6 Å². The molecule has 96 valence electrons. The van der Waals surface area contributed by atoms with Gasteiger partial charge in [-0.1, -0.05) is 13.0 Å². The number of likely N-dealkylation sites (tertiary alicyclic amines) is 1. The first kappa shape index (κ1) is 12.8. The molecule has 1 unspecified atom stereocenters. The fraction of sp³-hybridized carbons (Fsp3) is 0.800. The molecule has 1 saturated heterocycles. The second kappa shape index (κ2) is 5.81. The summed E-state index contributed by atoms with van der Waals surface area (Å²) in [5.74, 6) is 0.859. The third kappa shape index (κ3) is 2.62. The lowest BCUT2D eigenvalue weighted by Crippen LogP contribution is -2.49. The van der Waals surface area contributed by atoms with Gasteiger partial charge in [0.1, 0.15) is 0 Å². The summed E-state index contributed by atoms with van der Waals surface area (Å²) in [6.45, 7) is 7.04. The maximum Gasteiger partial charge on any atom is 0.0377 e. The van der Waals surface area contributed by atoms with Crippen LogP contribution in [0.25, 0.3) is 0 Å². The second-order valence-corrected chi connectivity index (χ2v) is 5.40. The summed E-state index contributed by atoms with van der Waals surface area (Å²) in [4.78, 5) is 7.22. The Morgan fingerprint density at radius 3 is 2.88 bits per heavy atom. The van der Waals surface area contributed by atoms with Gasteiger partial charge < -0.3 is 0 Å². The fourth-order valence-corrected chi connectivity index (χ4v) is 3.55. The normalized spacial score (nSPS) is 35.2. The smallest absolute Gasteiger partial charge is 0.0377 e. The van der Waals surface area contributed by atoms with Gasteiger partial charge in [-0.05, 0) is 63.6 Å². The van der Waals surface area contributed by atoms with E-state index in [1.54, 1.807) is 0 Å². The summed E-state index contributed by atoms with van der Waals surface area (Å²) in [5.41, 5.74) is 2.86. The van der Waals surface area contributed by atoms with Crippen LogP contribution >= 0.6 is 0 Å². The number of aliphatic imine (C=N–C) groups is 1. The Labute approximate surface area is 106 Å². The molecule has 1 saturated carbocycles. The highest BCUT2D eigenvalue weighted by atomic mass is 15.2. The second-order valence-electron chi connectivity index (χ2n) is 5.40. The van der Waals surface area contributed by atoms with Crippen LogP contribution in [-0.4, -0.2) is 36.8 Å². The zero-order valence-electron chi connectivity index (χ0n) is 11.6. The molecule has 0 amide bonds. The number of hydrogen-bond donors (Lipinski definition) is 0. The molecule has 0 N–H and O–H groups in total. The molecule has 2 rings (SSSR count). The van der Waals surface area contributed by atoms with Gasteiger partial charge in [0.2, 0.25) is 0 Å². The van der Waals surface area contributed by atoms with Crippen LogP contribution < -0.4 is 0 Å². The third-order valence-corrected chi connectivity index (χ3v) is 4.42. The van der Waals surface area contributed by atoms with Crippen molar-refractivity contribution in [2.24, 2.45) is 10.9 Å². The molecule has 0 spiro atoms. The Morgan fingerprint density at radius 1 is 1.41 bits per heavy atom. The molecular weight excluding hydrogens is 208 g/mol. The largest absolute Gasteiger partial charge is 0.300 e. The highest BCUT2D eigenvalue weighted by Gasteiger charge is 2.36. The van der Waals surface area contributed by atoms with Crippen molar-refractivity contribution in [1.29, 1.82) is 0 Å². The molecule has 0 radical (unpaired) electrons. The third-order valence-electron chi connectivity index (χ3n) is 4.42. The maximum absolute atomic E-state index is 4.49. The average molecular weight is 234 g/mol. The van der Waals surface area contributed by atoms with Crippen molar-refractivity contribution in [2.75, 3.05) is 20.1 Å². The number of piperidine rings is 1. The zero-order chi connectivity index (χ0) is 12.3. The van der Waals surface area contributed by atoms with Gasteiger partial charge in [0.25, 0.3) is 0 Å². The van der Waals surface area contributed by atoms with Crippen molar-refractivity contribution in [2.45, 2.75) is 52.0 Å². The lowest BCUT2D eigenvalue weighted by molar-refractivity contribution is 0.0914. The molecule has 0 aromatic heterocycles. The maximum atomic E-state index is 4.49. The predicted molar refractivity (Wildman–Crippen MR) is 74.7 cm³/mol. The Bertz CT molecular complexity index is 315. The minimum absolute atomic E-state index is 0.792. The summed E-state index contributed by atoms with van der Waals surface area (Å²) >= 11 is 0. The van der Waals surface area contributed by atoms with Crippen molar-refractivity contribution < 1.29 is 0 Å². The van der Waals surface area contributed by atoms with Gasteiger partial charge in [-0.2, -0.15) is 0 Å². The lowest BCUT2D eigenvalue weighted by Gasteiger charge is -2.45. The average Bonchev–Trinajstić information content (AvgIpc) is 2.38. The Morgan fingerprint density at radius 2 is 2.24 bits per heavy atom. The molecule has 2 atom stereocenters. The van der Waals surface area contributed by atoms with Gasteiger partial charge in [0, 0.05) is 18.8 Å². The molecule has 1 aliphatic heterocycles. The molecule has 2 nitrogen and oxygen atoms in total. The highest BCUT2D eigenvalue weighted by molar-refractivity contribution is 6.01.